The number of aromatic nitrogens is 1. The number of amides is 1. The van der Waals surface area contributed by atoms with E-state index in [2.05, 4.69) is 25.7 Å². The molecule has 1 aromatic carbocycles. The zero-order chi connectivity index (χ0) is 27.0. The second kappa shape index (κ2) is 10.4. The predicted molar refractivity (Wildman–Crippen MR) is 150 cm³/mol. The Morgan fingerprint density at radius 2 is 2.00 bits per heavy atom. The van der Waals surface area contributed by atoms with Crippen LogP contribution in [0.1, 0.15) is 80.1 Å². The Kier molecular flexibility index (Phi) is 7.66. The third-order valence-electron chi connectivity index (χ3n) is 8.62. The third kappa shape index (κ3) is 4.86. The molecule has 4 nitrogen and oxygen atoms in total. The highest BCUT2D eigenvalue weighted by Gasteiger charge is 2.62. The van der Waals surface area contributed by atoms with E-state index in [0.717, 1.165) is 35.2 Å². The van der Waals surface area contributed by atoms with Gasteiger partial charge in [-0.25, -0.2) is 0 Å². The summed E-state index contributed by atoms with van der Waals surface area (Å²) in [6, 6.07) is 11.1. The molecule has 0 saturated heterocycles. The number of fused-ring (bicyclic) bond motifs is 1. The lowest BCUT2D eigenvalue weighted by molar-refractivity contribution is -0.119. The van der Waals surface area contributed by atoms with Crippen molar-refractivity contribution in [1.82, 2.24) is 4.40 Å². The molecule has 37 heavy (non-hydrogen) atoms. The molecule has 196 valence electrons. The van der Waals surface area contributed by atoms with Crippen LogP contribution in [0.4, 0.5) is 10.1 Å². The van der Waals surface area contributed by atoms with E-state index >= 15 is 4.39 Å². The van der Waals surface area contributed by atoms with Crippen molar-refractivity contribution >= 4 is 40.6 Å². The van der Waals surface area contributed by atoms with E-state index in [9.17, 15) is 9.59 Å². The van der Waals surface area contributed by atoms with Gasteiger partial charge in [-0.2, -0.15) is 0 Å². The molecule has 3 aromatic rings. The number of benzene rings is 1. The Balaban J connectivity index is 1.72. The summed E-state index contributed by atoms with van der Waals surface area (Å²) >= 11 is 6.15. The summed E-state index contributed by atoms with van der Waals surface area (Å²) in [6.45, 7) is 11.5. The Morgan fingerprint density at radius 3 is 2.62 bits per heavy atom. The quantitative estimate of drug-likeness (QED) is 0.276. The van der Waals surface area contributed by atoms with E-state index < -0.39 is 12.1 Å². The van der Waals surface area contributed by atoms with E-state index in [4.69, 9.17) is 11.6 Å². The summed E-state index contributed by atoms with van der Waals surface area (Å²) in [5.74, 6) is 0.256. The zero-order valence-electron chi connectivity index (χ0n) is 22.2. The van der Waals surface area contributed by atoms with Gasteiger partial charge in [0.05, 0.1) is 17.3 Å². The molecule has 0 aliphatic heterocycles. The van der Waals surface area contributed by atoms with Crippen LogP contribution in [0.5, 0.6) is 0 Å². The average Bonchev–Trinajstić information content (AvgIpc) is 3.37. The molecule has 1 fully saturated rings. The zero-order valence-corrected chi connectivity index (χ0v) is 22.9. The first-order valence-corrected chi connectivity index (χ1v) is 13.4. The molecule has 0 spiro atoms. The van der Waals surface area contributed by atoms with E-state index in [0.29, 0.717) is 41.5 Å². The van der Waals surface area contributed by atoms with Gasteiger partial charge in [-0.15, -0.1) is 0 Å². The number of hydrogen-bond donors (Lipinski definition) is 1. The average molecular weight is 523 g/mol. The number of carbonyl (C=O) groups is 2. The van der Waals surface area contributed by atoms with Gasteiger partial charge in [-0.05, 0) is 79.0 Å². The lowest BCUT2D eigenvalue weighted by atomic mass is 9.64. The molecule has 1 aliphatic rings. The molecular formula is C31H36ClFN2O2. The number of alkyl halides is 1. The summed E-state index contributed by atoms with van der Waals surface area (Å²) in [5.41, 5.74) is 3.32. The van der Waals surface area contributed by atoms with E-state index in [-0.39, 0.29) is 17.1 Å². The van der Waals surface area contributed by atoms with Gasteiger partial charge in [0, 0.05) is 41.4 Å². The van der Waals surface area contributed by atoms with Gasteiger partial charge in [-0.3, -0.25) is 14.0 Å². The minimum atomic E-state index is -0.836. The molecule has 3 unspecified atom stereocenters. The number of anilines is 1. The first-order chi connectivity index (χ1) is 17.6. The molecular weight excluding hydrogens is 487 g/mol. The molecule has 3 atom stereocenters. The van der Waals surface area contributed by atoms with Gasteiger partial charge >= 0.3 is 0 Å². The van der Waals surface area contributed by atoms with E-state index in [1.807, 2.05) is 48.6 Å². The summed E-state index contributed by atoms with van der Waals surface area (Å²) < 4.78 is 17.2. The van der Waals surface area contributed by atoms with Gasteiger partial charge in [0.2, 0.25) is 0 Å². The van der Waals surface area contributed by atoms with Gasteiger partial charge in [0.15, 0.2) is 0 Å². The summed E-state index contributed by atoms with van der Waals surface area (Å²) in [5, 5.41) is 3.61. The van der Waals surface area contributed by atoms with E-state index in [1.165, 1.54) is 0 Å². The van der Waals surface area contributed by atoms with Crippen LogP contribution in [0, 0.1) is 18.3 Å². The van der Waals surface area contributed by atoms with Crippen LogP contribution >= 0.6 is 11.6 Å². The van der Waals surface area contributed by atoms with Crippen molar-refractivity contribution in [2.24, 2.45) is 11.3 Å². The number of rotatable bonds is 11. The van der Waals surface area contributed by atoms with Crippen molar-refractivity contribution in [3.05, 3.63) is 76.6 Å². The molecule has 1 saturated carbocycles. The molecule has 1 aliphatic carbocycles. The molecule has 2 heterocycles. The molecule has 0 radical (unpaired) electrons. The minimum Gasteiger partial charge on any atom is -0.322 e. The Morgan fingerprint density at radius 1 is 1.27 bits per heavy atom. The van der Waals surface area contributed by atoms with Crippen LogP contribution in [0.2, 0.25) is 5.02 Å². The Hall–Kier alpha value is -2.92. The molecule has 1 amide bonds. The van der Waals surface area contributed by atoms with Crippen LogP contribution in [-0.4, -0.2) is 22.8 Å². The number of halogens is 2. The maximum atomic E-state index is 15.3. The second-order valence-corrected chi connectivity index (χ2v) is 11.2. The third-order valence-corrected chi connectivity index (χ3v) is 8.84. The van der Waals surface area contributed by atoms with Crippen LogP contribution < -0.4 is 5.32 Å². The smallest absolute Gasteiger partial charge is 0.257 e. The highest BCUT2D eigenvalue weighted by Crippen LogP contribution is 2.66. The van der Waals surface area contributed by atoms with Crippen molar-refractivity contribution < 1.29 is 14.0 Å². The first-order valence-electron chi connectivity index (χ1n) is 13.0. The number of aryl methyl sites for hydroxylation is 1. The highest BCUT2D eigenvalue weighted by molar-refractivity contribution is 6.30. The number of ketones is 1. The summed E-state index contributed by atoms with van der Waals surface area (Å²) in [7, 11) is 0. The van der Waals surface area contributed by atoms with Crippen LogP contribution in [-0.2, 0) is 10.2 Å². The fraction of sp³-hybridized carbons (Fsp3) is 0.419. The van der Waals surface area contributed by atoms with Crippen LogP contribution in [0.15, 0.2) is 49.2 Å². The largest absolute Gasteiger partial charge is 0.322 e. The fourth-order valence-electron chi connectivity index (χ4n) is 5.95. The van der Waals surface area contributed by atoms with Crippen molar-refractivity contribution in [3.63, 3.8) is 0 Å². The monoisotopic (exact) mass is 522 g/mol. The van der Waals surface area contributed by atoms with Gasteiger partial charge in [-0.1, -0.05) is 51.1 Å². The SMILES string of the molecule is C=Cc1ccc(NC(=O)c2cc3ccc(Cl)cn3c2C)cc1C(CF)(CCC(=O)CCC)C1(C)CC1C. The van der Waals surface area contributed by atoms with Crippen LogP contribution in [0.3, 0.4) is 0 Å². The van der Waals surface area contributed by atoms with Gasteiger partial charge < -0.3 is 9.72 Å². The molecule has 4 rings (SSSR count). The van der Waals surface area contributed by atoms with Crippen LogP contribution in [0.25, 0.3) is 11.6 Å². The number of nitrogens with zero attached hydrogens (tertiary/aromatic N) is 1. The minimum absolute atomic E-state index is 0.165. The fourth-order valence-corrected chi connectivity index (χ4v) is 6.11. The molecule has 6 heteroatoms. The lowest BCUT2D eigenvalue weighted by Gasteiger charge is -2.40. The predicted octanol–water partition coefficient (Wildman–Crippen LogP) is 8.20. The van der Waals surface area contributed by atoms with Crippen molar-refractivity contribution in [2.75, 3.05) is 12.0 Å². The summed E-state index contributed by atoms with van der Waals surface area (Å²) in [6.07, 6.45) is 6.49. The number of hydrogen-bond acceptors (Lipinski definition) is 2. The van der Waals surface area contributed by atoms with Crippen molar-refractivity contribution in [1.29, 1.82) is 0 Å². The van der Waals surface area contributed by atoms with Gasteiger partial charge in [0.1, 0.15) is 5.78 Å². The number of Topliss-reactive ketones (excluding diaryl/α,β-unsaturated/α-hetero) is 1. The topological polar surface area (TPSA) is 50.6 Å². The molecule has 1 N–H and O–H groups in total. The van der Waals surface area contributed by atoms with E-state index in [1.54, 1.807) is 18.3 Å². The maximum Gasteiger partial charge on any atom is 0.257 e. The summed E-state index contributed by atoms with van der Waals surface area (Å²) in [4.78, 5) is 25.8. The normalized spacial score (nSPS) is 20.4. The molecule has 0 bridgehead atoms. The highest BCUT2D eigenvalue weighted by atomic mass is 35.5. The maximum absolute atomic E-state index is 15.3. The molecule has 2 aromatic heterocycles. The second-order valence-electron chi connectivity index (χ2n) is 10.8. The van der Waals surface area contributed by atoms with Gasteiger partial charge in [0.25, 0.3) is 5.91 Å². The number of nitrogens with one attached hydrogen (secondary N) is 1. The number of carbonyl (C=O) groups excluding carboxylic acids is 2. The number of pyridine rings is 1. The Bertz CT molecular complexity index is 1360. The first kappa shape index (κ1) is 27.1. The van der Waals surface area contributed by atoms with Crippen molar-refractivity contribution in [2.45, 2.75) is 65.2 Å². The van der Waals surface area contributed by atoms with Crippen molar-refractivity contribution in [3.8, 4) is 0 Å². The standard InChI is InChI=1S/C31H36ClFN2O2/c1-6-8-26(36)13-14-31(19-33,30(5)17-20(30)3)28-15-24(11-9-22(28)7-2)34-29(37)27-16-25-12-10-23(32)18-35(25)21(27)4/h7,9-12,15-16,18,20H,2,6,8,13-14,17,19H2,1,3-5H3,(H,34,37). The lowest BCUT2D eigenvalue weighted by Crippen LogP contribution is -2.40. The Labute approximate surface area is 223 Å².